The van der Waals surface area contributed by atoms with Crippen molar-refractivity contribution in [2.45, 2.75) is 110 Å². The highest BCUT2D eigenvalue weighted by Crippen LogP contribution is 2.11. The molecule has 0 aromatic rings. The minimum atomic E-state index is -0.116. The molecule has 2 nitrogen and oxygen atoms in total. The molecular weight excluding hydrogens is 248 g/mol. The van der Waals surface area contributed by atoms with Crippen molar-refractivity contribution in [3.8, 4) is 0 Å². The summed E-state index contributed by atoms with van der Waals surface area (Å²) >= 11 is 0. The molecule has 2 N–H and O–H groups in total. The van der Waals surface area contributed by atoms with Crippen molar-refractivity contribution in [3.63, 3.8) is 0 Å². The molecule has 124 valence electrons. The molecule has 0 aromatic carbocycles. The third-order valence-corrected chi connectivity index (χ3v) is 3.60. The standard InChI is InChI=1S/C14H30O.C4H10O/c1-2-3-4-5-6-7-8-9-10-11-12-13-14-15;1-3-4(2)5/h15H,2-14H2,1H3;4-5H,3H2,1-2H3. The number of aliphatic hydroxyl groups excluding tert-OH is 2. The van der Waals surface area contributed by atoms with Crippen LogP contribution in [-0.2, 0) is 0 Å². The first-order valence-corrected chi connectivity index (χ1v) is 8.97. The van der Waals surface area contributed by atoms with Crippen molar-refractivity contribution < 1.29 is 10.2 Å². The van der Waals surface area contributed by atoms with E-state index in [0.717, 1.165) is 12.8 Å². The first kappa shape index (κ1) is 22.2. The highest BCUT2D eigenvalue weighted by molar-refractivity contribution is 4.48. The zero-order chi connectivity index (χ0) is 15.5. The van der Waals surface area contributed by atoms with Crippen LogP contribution in [0.5, 0.6) is 0 Å². The van der Waals surface area contributed by atoms with Crippen LogP contribution in [0.15, 0.2) is 0 Å². The van der Waals surface area contributed by atoms with Crippen LogP contribution >= 0.6 is 0 Å². The Labute approximate surface area is 128 Å². The minimum absolute atomic E-state index is 0.116. The van der Waals surface area contributed by atoms with Gasteiger partial charge in [-0.2, -0.15) is 0 Å². The van der Waals surface area contributed by atoms with Crippen molar-refractivity contribution >= 4 is 0 Å². The Bertz CT molecular complexity index is 134. The molecular formula is C18H40O2. The summed E-state index contributed by atoms with van der Waals surface area (Å²) in [7, 11) is 0. The van der Waals surface area contributed by atoms with Crippen LogP contribution in [0.1, 0.15) is 104 Å². The zero-order valence-corrected chi connectivity index (χ0v) is 14.4. The summed E-state index contributed by atoms with van der Waals surface area (Å²) in [5, 5.41) is 17.0. The Kier molecular flexibility index (Phi) is 23.6. The number of hydrogen-bond donors (Lipinski definition) is 2. The van der Waals surface area contributed by atoms with Gasteiger partial charge >= 0.3 is 0 Å². The molecule has 0 bridgehead atoms. The highest BCUT2D eigenvalue weighted by Gasteiger charge is 1.92. The highest BCUT2D eigenvalue weighted by atomic mass is 16.3. The van der Waals surface area contributed by atoms with Gasteiger partial charge in [-0.25, -0.2) is 0 Å². The molecule has 0 amide bonds. The Morgan fingerprint density at radius 1 is 0.650 bits per heavy atom. The van der Waals surface area contributed by atoms with E-state index < -0.39 is 0 Å². The lowest BCUT2D eigenvalue weighted by Gasteiger charge is -2.01. The Hall–Kier alpha value is -0.0800. The second kappa shape index (κ2) is 21.2. The van der Waals surface area contributed by atoms with E-state index in [1.54, 1.807) is 6.92 Å². The summed E-state index contributed by atoms with van der Waals surface area (Å²) in [6, 6.07) is 0. The van der Waals surface area contributed by atoms with E-state index >= 15 is 0 Å². The molecule has 2 heteroatoms. The fourth-order valence-electron chi connectivity index (χ4n) is 1.95. The van der Waals surface area contributed by atoms with Crippen molar-refractivity contribution in [2.24, 2.45) is 0 Å². The maximum Gasteiger partial charge on any atom is 0.0509 e. The third-order valence-electron chi connectivity index (χ3n) is 3.60. The largest absolute Gasteiger partial charge is 0.396 e. The van der Waals surface area contributed by atoms with Crippen molar-refractivity contribution in [1.82, 2.24) is 0 Å². The molecule has 0 spiro atoms. The minimum Gasteiger partial charge on any atom is -0.396 e. The fourth-order valence-corrected chi connectivity index (χ4v) is 1.95. The fraction of sp³-hybridized carbons (Fsp3) is 1.00. The number of unbranched alkanes of at least 4 members (excludes halogenated alkanes) is 11. The summed E-state index contributed by atoms with van der Waals surface area (Å²) < 4.78 is 0. The summed E-state index contributed by atoms with van der Waals surface area (Å²) in [4.78, 5) is 0. The average Bonchev–Trinajstić information content (AvgIpc) is 2.45. The molecule has 0 radical (unpaired) electrons. The summed E-state index contributed by atoms with van der Waals surface area (Å²) in [5.41, 5.74) is 0. The third kappa shape index (κ3) is 26.5. The first-order valence-electron chi connectivity index (χ1n) is 8.97. The molecule has 0 aliphatic rings. The Balaban J connectivity index is 0. The Morgan fingerprint density at radius 3 is 1.20 bits per heavy atom. The molecule has 20 heavy (non-hydrogen) atoms. The lowest BCUT2D eigenvalue weighted by atomic mass is 10.1. The predicted octanol–water partition coefficient (Wildman–Crippen LogP) is 5.46. The number of rotatable bonds is 13. The molecule has 0 saturated heterocycles. The van der Waals surface area contributed by atoms with E-state index in [-0.39, 0.29) is 6.10 Å². The second-order valence-corrected chi connectivity index (χ2v) is 5.87. The molecule has 0 aromatic heterocycles. The van der Waals surface area contributed by atoms with Crippen LogP contribution in [-0.4, -0.2) is 22.9 Å². The SMILES string of the molecule is CCC(C)O.CCCCCCCCCCCCCCO. The van der Waals surface area contributed by atoms with Gasteiger partial charge in [0.15, 0.2) is 0 Å². The predicted molar refractivity (Wildman–Crippen MR) is 90.1 cm³/mol. The summed E-state index contributed by atoms with van der Waals surface area (Å²) in [6.45, 7) is 6.37. The topological polar surface area (TPSA) is 40.5 Å². The van der Waals surface area contributed by atoms with Gasteiger partial charge in [-0.05, 0) is 19.8 Å². The van der Waals surface area contributed by atoms with Gasteiger partial charge < -0.3 is 10.2 Å². The van der Waals surface area contributed by atoms with Gasteiger partial charge in [0.1, 0.15) is 0 Å². The van der Waals surface area contributed by atoms with E-state index in [9.17, 15) is 0 Å². The molecule has 0 heterocycles. The van der Waals surface area contributed by atoms with Gasteiger partial charge in [-0.1, -0.05) is 84.5 Å². The van der Waals surface area contributed by atoms with Crippen molar-refractivity contribution in [3.05, 3.63) is 0 Å². The molecule has 0 saturated carbocycles. The van der Waals surface area contributed by atoms with Crippen LogP contribution in [0.2, 0.25) is 0 Å². The molecule has 0 rings (SSSR count). The monoisotopic (exact) mass is 288 g/mol. The quantitative estimate of drug-likeness (QED) is 0.442. The van der Waals surface area contributed by atoms with Gasteiger partial charge in [0.25, 0.3) is 0 Å². The molecule has 0 aliphatic carbocycles. The van der Waals surface area contributed by atoms with Gasteiger partial charge in [0.2, 0.25) is 0 Å². The van der Waals surface area contributed by atoms with Gasteiger partial charge in [0, 0.05) is 6.61 Å². The number of hydrogen-bond acceptors (Lipinski definition) is 2. The van der Waals surface area contributed by atoms with Crippen LogP contribution in [0.3, 0.4) is 0 Å². The van der Waals surface area contributed by atoms with Crippen LogP contribution < -0.4 is 0 Å². The van der Waals surface area contributed by atoms with E-state index in [4.69, 9.17) is 10.2 Å². The zero-order valence-electron chi connectivity index (χ0n) is 14.4. The van der Waals surface area contributed by atoms with Crippen LogP contribution in [0.25, 0.3) is 0 Å². The van der Waals surface area contributed by atoms with Crippen LogP contribution in [0.4, 0.5) is 0 Å². The van der Waals surface area contributed by atoms with Crippen molar-refractivity contribution in [1.29, 1.82) is 0 Å². The number of aliphatic hydroxyl groups is 2. The molecule has 0 aliphatic heterocycles. The van der Waals surface area contributed by atoms with E-state index in [1.165, 1.54) is 70.6 Å². The smallest absolute Gasteiger partial charge is 0.0509 e. The van der Waals surface area contributed by atoms with Crippen LogP contribution in [0, 0.1) is 0 Å². The second-order valence-electron chi connectivity index (χ2n) is 5.87. The van der Waals surface area contributed by atoms with E-state index in [1.807, 2.05) is 6.92 Å². The molecule has 0 fully saturated rings. The van der Waals surface area contributed by atoms with Gasteiger partial charge in [-0.15, -0.1) is 0 Å². The summed E-state index contributed by atoms with van der Waals surface area (Å²) in [5.74, 6) is 0. The Morgan fingerprint density at radius 2 is 0.950 bits per heavy atom. The van der Waals surface area contributed by atoms with E-state index in [0.29, 0.717) is 6.61 Å². The average molecular weight is 289 g/mol. The van der Waals surface area contributed by atoms with Gasteiger partial charge in [0.05, 0.1) is 6.10 Å². The maximum absolute atomic E-state index is 8.61. The lowest BCUT2D eigenvalue weighted by Crippen LogP contribution is -1.93. The molecule has 1 atom stereocenters. The lowest BCUT2D eigenvalue weighted by molar-refractivity contribution is 0.191. The normalized spacial score (nSPS) is 11.8. The first-order chi connectivity index (χ1) is 9.68. The van der Waals surface area contributed by atoms with E-state index in [2.05, 4.69) is 6.92 Å². The summed E-state index contributed by atoms with van der Waals surface area (Å²) in [6.07, 6.45) is 17.0. The van der Waals surface area contributed by atoms with Crippen molar-refractivity contribution in [2.75, 3.05) is 6.61 Å². The van der Waals surface area contributed by atoms with Gasteiger partial charge in [-0.3, -0.25) is 0 Å². The maximum atomic E-state index is 8.61. The molecule has 1 unspecified atom stereocenters.